The molecule has 0 heteroatoms. The predicted octanol–water partition coefficient (Wildman–Crippen LogP) is 12.0. The van der Waals surface area contributed by atoms with Gasteiger partial charge in [0.25, 0.3) is 0 Å². The lowest BCUT2D eigenvalue weighted by Crippen LogP contribution is -1.85. The van der Waals surface area contributed by atoms with Gasteiger partial charge in [-0.15, -0.1) is 0 Å². The van der Waals surface area contributed by atoms with Crippen molar-refractivity contribution in [2.24, 2.45) is 0 Å². The van der Waals surface area contributed by atoms with E-state index >= 15 is 0 Å². The molecule has 0 radical (unpaired) electrons. The van der Waals surface area contributed by atoms with Gasteiger partial charge in [0.2, 0.25) is 0 Å². The molecular formula is C42H26. The van der Waals surface area contributed by atoms with Crippen molar-refractivity contribution in [1.82, 2.24) is 0 Å². The van der Waals surface area contributed by atoms with Gasteiger partial charge >= 0.3 is 0 Å². The van der Waals surface area contributed by atoms with E-state index < -0.39 is 0 Å². The number of benzene rings is 10. The van der Waals surface area contributed by atoms with Gasteiger partial charge in [-0.3, -0.25) is 0 Å². The van der Waals surface area contributed by atoms with Gasteiger partial charge in [0, 0.05) is 0 Å². The zero-order valence-electron chi connectivity index (χ0n) is 23.0. The maximum absolute atomic E-state index is 2.31. The van der Waals surface area contributed by atoms with E-state index in [0.717, 1.165) is 0 Å². The number of fused-ring (bicyclic) bond motifs is 6. The van der Waals surface area contributed by atoms with Gasteiger partial charge in [0.15, 0.2) is 0 Å². The highest BCUT2D eigenvalue weighted by molar-refractivity contribution is 6.32. The highest BCUT2D eigenvalue weighted by Crippen LogP contribution is 2.39. The first-order valence-electron chi connectivity index (χ1n) is 14.6. The van der Waals surface area contributed by atoms with Gasteiger partial charge in [0.05, 0.1) is 0 Å². The Balaban J connectivity index is 0.000000120. The van der Waals surface area contributed by atoms with E-state index in [2.05, 4.69) is 158 Å². The summed E-state index contributed by atoms with van der Waals surface area (Å²) in [5.41, 5.74) is 0. The molecule has 0 nitrogen and oxygen atoms in total. The number of hydrogen-bond acceptors (Lipinski definition) is 0. The molecule has 0 N–H and O–H groups in total. The highest BCUT2D eigenvalue weighted by atomic mass is 14.1. The van der Waals surface area contributed by atoms with Gasteiger partial charge in [-0.05, 0) is 123 Å². The second kappa shape index (κ2) is 9.03. The SMILES string of the molecule is c1cc2cccc3c4cccc5cccc(c(c1)c23)c54.c1ccc2cc3cc4cc5ccccc5cc4cc3cc2c1. The van der Waals surface area contributed by atoms with Crippen LogP contribution >= 0.6 is 0 Å². The molecule has 10 aromatic carbocycles. The molecule has 0 aliphatic heterocycles. The molecule has 0 saturated carbocycles. The quantitative estimate of drug-likeness (QED) is 0.135. The molecule has 194 valence electrons. The summed E-state index contributed by atoms with van der Waals surface area (Å²) in [5.74, 6) is 0. The summed E-state index contributed by atoms with van der Waals surface area (Å²) in [6.07, 6.45) is 0. The van der Waals surface area contributed by atoms with Gasteiger partial charge in [0.1, 0.15) is 0 Å². The van der Waals surface area contributed by atoms with Crippen LogP contribution in [0.5, 0.6) is 0 Å². The average molecular weight is 531 g/mol. The lowest BCUT2D eigenvalue weighted by Gasteiger charge is -2.13. The molecule has 0 fully saturated rings. The second-order valence-electron chi connectivity index (χ2n) is 11.4. The first-order valence-corrected chi connectivity index (χ1v) is 14.6. The Morgan fingerprint density at radius 1 is 0.190 bits per heavy atom. The van der Waals surface area contributed by atoms with Crippen molar-refractivity contribution in [2.75, 3.05) is 0 Å². The van der Waals surface area contributed by atoms with Crippen LogP contribution in [0.2, 0.25) is 0 Å². The normalized spacial score (nSPS) is 11.8. The van der Waals surface area contributed by atoms with E-state index in [0.29, 0.717) is 0 Å². The standard InChI is InChI=1S/C22H14.C20H12/c1-2-6-16-10-20-14-22-12-18-8-4-3-7-17(18)11-21(22)13-19(20)9-15(16)5-1;1-5-13-6-2-11-17-18-12-4-8-14-7-3-10-16(20(14)18)15(9-1)19(13)17/h1-14H;1-12H. The van der Waals surface area contributed by atoms with E-state index in [9.17, 15) is 0 Å². The van der Waals surface area contributed by atoms with Crippen LogP contribution in [0.4, 0.5) is 0 Å². The first-order chi connectivity index (χ1) is 20.8. The number of rotatable bonds is 0. The molecule has 0 saturated heterocycles. The van der Waals surface area contributed by atoms with E-state index in [4.69, 9.17) is 0 Å². The fourth-order valence-corrected chi connectivity index (χ4v) is 6.97. The van der Waals surface area contributed by atoms with Gasteiger partial charge in [-0.25, -0.2) is 0 Å². The summed E-state index contributed by atoms with van der Waals surface area (Å²) in [6, 6.07) is 57.4. The summed E-state index contributed by atoms with van der Waals surface area (Å²) in [4.78, 5) is 0. The summed E-state index contributed by atoms with van der Waals surface area (Å²) < 4.78 is 0. The van der Waals surface area contributed by atoms with Gasteiger partial charge in [-0.1, -0.05) is 121 Å². The van der Waals surface area contributed by atoms with E-state index in [1.54, 1.807) is 0 Å². The van der Waals surface area contributed by atoms with Crippen LogP contribution in [0, 0.1) is 0 Å². The molecule has 0 atom stereocenters. The molecule has 0 amide bonds. The molecule has 0 heterocycles. The van der Waals surface area contributed by atoms with Crippen LogP contribution in [0.15, 0.2) is 158 Å². The Hall–Kier alpha value is -5.46. The average Bonchev–Trinajstić information content (AvgIpc) is 3.04. The topological polar surface area (TPSA) is 0 Å². The summed E-state index contributed by atoms with van der Waals surface area (Å²) in [5, 5.41) is 21.3. The van der Waals surface area contributed by atoms with Crippen molar-refractivity contribution in [1.29, 1.82) is 0 Å². The largest absolute Gasteiger partial charge is 0.0616 e. The third kappa shape index (κ3) is 3.56. The van der Waals surface area contributed by atoms with Gasteiger partial charge < -0.3 is 0 Å². The van der Waals surface area contributed by atoms with E-state index in [-0.39, 0.29) is 0 Å². The van der Waals surface area contributed by atoms with Crippen LogP contribution in [0.1, 0.15) is 0 Å². The van der Waals surface area contributed by atoms with Crippen LogP contribution in [-0.4, -0.2) is 0 Å². The monoisotopic (exact) mass is 530 g/mol. The van der Waals surface area contributed by atoms with Crippen molar-refractivity contribution < 1.29 is 0 Å². The second-order valence-corrected chi connectivity index (χ2v) is 11.4. The van der Waals surface area contributed by atoms with Crippen molar-refractivity contribution >= 4 is 86.2 Å². The molecular weight excluding hydrogens is 504 g/mol. The lowest BCUT2D eigenvalue weighted by atomic mass is 9.90. The molecule has 42 heavy (non-hydrogen) atoms. The fraction of sp³-hybridized carbons (Fsp3) is 0. The third-order valence-corrected chi connectivity index (χ3v) is 8.91. The summed E-state index contributed by atoms with van der Waals surface area (Å²) >= 11 is 0. The molecule has 0 aliphatic rings. The minimum Gasteiger partial charge on any atom is -0.0616 e. The lowest BCUT2D eigenvalue weighted by molar-refractivity contribution is 1.78. The van der Waals surface area contributed by atoms with Crippen molar-refractivity contribution in [3.8, 4) is 0 Å². The highest BCUT2D eigenvalue weighted by Gasteiger charge is 2.11. The van der Waals surface area contributed by atoms with Gasteiger partial charge in [-0.2, -0.15) is 0 Å². The maximum Gasteiger partial charge on any atom is -0.00264 e. The molecule has 0 spiro atoms. The van der Waals surface area contributed by atoms with Crippen molar-refractivity contribution in [2.45, 2.75) is 0 Å². The molecule has 0 unspecified atom stereocenters. The molecule has 0 aromatic heterocycles. The fourth-order valence-electron chi connectivity index (χ4n) is 6.97. The van der Waals surface area contributed by atoms with E-state index in [1.807, 2.05) is 0 Å². The molecule has 10 aromatic rings. The van der Waals surface area contributed by atoms with Crippen LogP contribution in [0.3, 0.4) is 0 Å². The third-order valence-electron chi connectivity index (χ3n) is 8.91. The molecule has 0 bridgehead atoms. The Bertz CT molecular complexity index is 2270. The smallest absolute Gasteiger partial charge is 0.00264 e. The number of hydrogen-bond donors (Lipinski definition) is 0. The zero-order chi connectivity index (χ0) is 27.6. The first kappa shape index (κ1) is 23.3. The minimum atomic E-state index is 1.30. The molecule has 10 rings (SSSR count). The minimum absolute atomic E-state index is 1.30. The van der Waals surface area contributed by atoms with Crippen LogP contribution < -0.4 is 0 Å². The Morgan fingerprint density at radius 2 is 0.429 bits per heavy atom. The van der Waals surface area contributed by atoms with Crippen molar-refractivity contribution in [3.63, 3.8) is 0 Å². The summed E-state index contributed by atoms with van der Waals surface area (Å²) in [6.45, 7) is 0. The van der Waals surface area contributed by atoms with Crippen LogP contribution in [-0.2, 0) is 0 Å². The Kier molecular flexibility index (Phi) is 5.00. The van der Waals surface area contributed by atoms with Crippen LogP contribution in [0.25, 0.3) is 86.2 Å². The van der Waals surface area contributed by atoms with E-state index in [1.165, 1.54) is 86.2 Å². The Morgan fingerprint density at radius 3 is 0.714 bits per heavy atom. The predicted molar refractivity (Wildman–Crippen MR) is 184 cm³/mol. The van der Waals surface area contributed by atoms with Crippen molar-refractivity contribution in [3.05, 3.63) is 158 Å². The Labute approximate surface area is 243 Å². The summed E-state index contributed by atoms with van der Waals surface area (Å²) in [7, 11) is 0. The molecule has 0 aliphatic carbocycles. The maximum atomic E-state index is 2.31. The zero-order valence-corrected chi connectivity index (χ0v) is 23.0.